The zero-order valence-electron chi connectivity index (χ0n) is 15.8. The van der Waals surface area contributed by atoms with E-state index < -0.39 is 6.10 Å². The van der Waals surface area contributed by atoms with Gasteiger partial charge in [-0.15, -0.1) is 0 Å². The minimum Gasteiger partial charge on any atom is -0.389 e. The maximum absolute atomic E-state index is 10.5. The summed E-state index contributed by atoms with van der Waals surface area (Å²) in [6.07, 6.45) is 5.86. The zero-order valence-corrected chi connectivity index (χ0v) is 15.8. The van der Waals surface area contributed by atoms with Gasteiger partial charge in [0.25, 0.3) is 0 Å². The van der Waals surface area contributed by atoms with Crippen molar-refractivity contribution in [1.29, 1.82) is 0 Å². The predicted molar refractivity (Wildman–Crippen MR) is 106 cm³/mol. The van der Waals surface area contributed by atoms with Crippen LogP contribution in [0.15, 0.2) is 60.7 Å². The van der Waals surface area contributed by atoms with Gasteiger partial charge in [0.1, 0.15) is 6.10 Å². The largest absolute Gasteiger partial charge is 0.389 e. The van der Waals surface area contributed by atoms with E-state index in [1.165, 1.54) is 32.1 Å². The molecule has 1 aliphatic rings. The first kappa shape index (κ1) is 19.1. The van der Waals surface area contributed by atoms with Crippen molar-refractivity contribution in [3.05, 3.63) is 71.8 Å². The van der Waals surface area contributed by atoms with Gasteiger partial charge in [0.2, 0.25) is 0 Å². The van der Waals surface area contributed by atoms with E-state index in [2.05, 4.69) is 36.2 Å². The molecule has 1 fully saturated rings. The number of benzene rings is 2. The molecule has 26 heavy (non-hydrogen) atoms. The van der Waals surface area contributed by atoms with Crippen LogP contribution in [-0.2, 0) is 4.74 Å². The maximum atomic E-state index is 10.5. The molecule has 0 radical (unpaired) electrons. The predicted octanol–water partition coefficient (Wildman–Crippen LogP) is 4.42. The van der Waals surface area contributed by atoms with E-state index in [0.29, 0.717) is 19.2 Å². The molecule has 0 amide bonds. The summed E-state index contributed by atoms with van der Waals surface area (Å²) in [7, 11) is 2.13. The fourth-order valence-corrected chi connectivity index (χ4v) is 3.90. The number of nitrogens with zero attached hydrogens (tertiary/aromatic N) is 1. The molecule has 1 aliphatic carbocycles. The summed E-state index contributed by atoms with van der Waals surface area (Å²) >= 11 is 0. The fourth-order valence-electron chi connectivity index (χ4n) is 3.90. The van der Waals surface area contributed by atoms with E-state index in [4.69, 9.17) is 4.74 Å². The normalized spacial score (nSPS) is 16.9. The van der Waals surface area contributed by atoms with E-state index in [0.717, 1.165) is 11.1 Å². The number of aliphatic hydroxyl groups is 1. The minimum absolute atomic E-state index is 0.146. The number of hydrogen-bond donors (Lipinski definition) is 1. The number of likely N-dealkylation sites (N-methyl/N-ethyl adjacent to an activating group) is 1. The fraction of sp³-hybridized carbons (Fsp3) is 0.478. The van der Waals surface area contributed by atoms with Crippen molar-refractivity contribution in [1.82, 2.24) is 4.90 Å². The molecule has 2 aromatic carbocycles. The molecular formula is C23H31NO2. The second-order valence-electron chi connectivity index (χ2n) is 7.42. The summed E-state index contributed by atoms with van der Waals surface area (Å²) in [5.74, 6) is 0. The van der Waals surface area contributed by atoms with Crippen LogP contribution in [0.2, 0.25) is 0 Å². The molecule has 1 saturated carbocycles. The van der Waals surface area contributed by atoms with E-state index in [1.807, 2.05) is 36.4 Å². The second kappa shape index (κ2) is 9.86. The lowest BCUT2D eigenvalue weighted by Gasteiger charge is -2.32. The second-order valence-corrected chi connectivity index (χ2v) is 7.42. The van der Waals surface area contributed by atoms with Crippen LogP contribution in [0.5, 0.6) is 0 Å². The Labute approximate surface area is 157 Å². The molecule has 2 aromatic rings. The lowest BCUT2D eigenvalue weighted by Crippen LogP contribution is -2.40. The highest BCUT2D eigenvalue weighted by Gasteiger charge is 2.21. The number of hydrogen-bond acceptors (Lipinski definition) is 3. The van der Waals surface area contributed by atoms with Gasteiger partial charge in [0.15, 0.2) is 0 Å². The van der Waals surface area contributed by atoms with Crippen molar-refractivity contribution >= 4 is 0 Å². The highest BCUT2D eigenvalue weighted by Crippen LogP contribution is 2.26. The van der Waals surface area contributed by atoms with Crippen LogP contribution in [0.1, 0.15) is 49.3 Å². The molecular weight excluding hydrogens is 322 g/mol. The lowest BCUT2D eigenvalue weighted by atomic mass is 9.94. The van der Waals surface area contributed by atoms with Crippen molar-refractivity contribution in [2.75, 3.05) is 20.2 Å². The Morgan fingerprint density at radius 3 is 2.00 bits per heavy atom. The van der Waals surface area contributed by atoms with E-state index in [-0.39, 0.29) is 6.10 Å². The smallest absolute Gasteiger partial charge is 0.108 e. The highest BCUT2D eigenvalue weighted by atomic mass is 16.5. The van der Waals surface area contributed by atoms with Crippen LogP contribution in [0, 0.1) is 0 Å². The third-order valence-corrected chi connectivity index (χ3v) is 5.36. The molecule has 3 rings (SSSR count). The zero-order chi connectivity index (χ0) is 18.2. The first-order chi connectivity index (χ1) is 12.7. The van der Waals surface area contributed by atoms with Gasteiger partial charge >= 0.3 is 0 Å². The van der Waals surface area contributed by atoms with Gasteiger partial charge in [-0.3, -0.25) is 0 Å². The summed E-state index contributed by atoms with van der Waals surface area (Å²) < 4.78 is 6.19. The van der Waals surface area contributed by atoms with Crippen LogP contribution in [0.4, 0.5) is 0 Å². The number of aliphatic hydroxyl groups excluding tert-OH is 1. The Hall–Kier alpha value is -1.68. The van der Waals surface area contributed by atoms with Gasteiger partial charge < -0.3 is 14.7 Å². The topological polar surface area (TPSA) is 32.7 Å². The van der Waals surface area contributed by atoms with Crippen LogP contribution in [0.3, 0.4) is 0 Å². The van der Waals surface area contributed by atoms with Crippen LogP contribution in [0.25, 0.3) is 0 Å². The van der Waals surface area contributed by atoms with Gasteiger partial charge in [-0.25, -0.2) is 0 Å². The molecule has 3 heteroatoms. The molecule has 1 N–H and O–H groups in total. The SMILES string of the molecule is CN(C[C@H](O)COC(c1ccccc1)c1ccccc1)C1CCCCC1. The van der Waals surface area contributed by atoms with E-state index in [9.17, 15) is 5.11 Å². The Morgan fingerprint density at radius 2 is 1.46 bits per heavy atom. The van der Waals surface area contributed by atoms with E-state index in [1.54, 1.807) is 0 Å². The number of ether oxygens (including phenoxy) is 1. The summed E-state index contributed by atoms with van der Waals surface area (Å²) in [4.78, 5) is 2.31. The van der Waals surface area contributed by atoms with Crippen LogP contribution in [-0.4, -0.2) is 42.4 Å². The quantitative estimate of drug-likeness (QED) is 0.763. The lowest BCUT2D eigenvalue weighted by molar-refractivity contribution is -0.0121. The summed E-state index contributed by atoms with van der Waals surface area (Å²) in [5, 5.41) is 10.5. The highest BCUT2D eigenvalue weighted by molar-refractivity contribution is 5.29. The molecule has 0 aromatic heterocycles. The molecule has 0 unspecified atom stereocenters. The molecule has 3 nitrogen and oxygen atoms in total. The summed E-state index contributed by atoms with van der Waals surface area (Å²) in [5.41, 5.74) is 2.23. The van der Waals surface area contributed by atoms with Gasteiger partial charge in [0, 0.05) is 12.6 Å². The Balaban J connectivity index is 1.59. The third kappa shape index (κ3) is 5.41. The van der Waals surface area contributed by atoms with Crippen LogP contribution >= 0.6 is 0 Å². The maximum Gasteiger partial charge on any atom is 0.108 e. The van der Waals surface area contributed by atoms with E-state index >= 15 is 0 Å². The van der Waals surface area contributed by atoms with Gasteiger partial charge in [0.05, 0.1) is 12.7 Å². The summed E-state index contributed by atoms with van der Waals surface area (Å²) in [6.45, 7) is 1.01. The Bertz CT molecular complexity index is 586. The van der Waals surface area contributed by atoms with Gasteiger partial charge in [-0.05, 0) is 31.0 Å². The van der Waals surface area contributed by atoms with Crippen molar-refractivity contribution in [3.8, 4) is 0 Å². The molecule has 140 valence electrons. The molecule has 0 aliphatic heterocycles. The standard InChI is InChI=1S/C23H31NO2/c1-24(21-15-9-4-10-16-21)17-22(25)18-26-23(19-11-5-2-6-12-19)20-13-7-3-8-14-20/h2-3,5-8,11-14,21-23,25H,4,9-10,15-18H2,1H3/t22-/m0/s1. The Morgan fingerprint density at radius 1 is 0.923 bits per heavy atom. The molecule has 0 spiro atoms. The van der Waals surface area contributed by atoms with Crippen molar-refractivity contribution in [2.24, 2.45) is 0 Å². The average Bonchev–Trinajstić information content (AvgIpc) is 2.70. The van der Waals surface area contributed by atoms with Crippen LogP contribution < -0.4 is 0 Å². The molecule has 0 saturated heterocycles. The first-order valence-corrected chi connectivity index (χ1v) is 9.84. The Kier molecular flexibility index (Phi) is 7.24. The van der Waals surface area contributed by atoms with Gasteiger partial charge in [-0.2, -0.15) is 0 Å². The average molecular weight is 354 g/mol. The summed E-state index contributed by atoms with van der Waals surface area (Å²) in [6, 6.07) is 21.1. The molecule has 0 bridgehead atoms. The number of rotatable bonds is 8. The van der Waals surface area contributed by atoms with Crippen molar-refractivity contribution in [3.63, 3.8) is 0 Å². The van der Waals surface area contributed by atoms with Crippen molar-refractivity contribution in [2.45, 2.75) is 50.4 Å². The van der Waals surface area contributed by atoms with Crippen molar-refractivity contribution < 1.29 is 9.84 Å². The monoisotopic (exact) mass is 353 g/mol. The van der Waals surface area contributed by atoms with Gasteiger partial charge in [-0.1, -0.05) is 79.9 Å². The minimum atomic E-state index is -0.475. The molecule has 0 heterocycles. The third-order valence-electron chi connectivity index (χ3n) is 5.36. The first-order valence-electron chi connectivity index (χ1n) is 9.84. The molecule has 1 atom stereocenters.